The molecule has 0 spiro atoms. The Morgan fingerprint density at radius 2 is 1.64 bits per heavy atom. The molecular formula is C21H25N5OS. The Morgan fingerprint density at radius 1 is 1.04 bits per heavy atom. The van der Waals surface area contributed by atoms with Crippen molar-refractivity contribution in [2.75, 3.05) is 11.1 Å². The molecule has 1 amide bonds. The monoisotopic (exact) mass is 395 g/mol. The maximum Gasteiger partial charge on any atom is 0.234 e. The first kappa shape index (κ1) is 20.1. The molecule has 0 radical (unpaired) electrons. The quantitative estimate of drug-likeness (QED) is 0.609. The van der Waals surface area contributed by atoms with Gasteiger partial charge < -0.3 is 5.32 Å². The van der Waals surface area contributed by atoms with Gasteiger partial charge in [0.25, 0.3) is 0 Å². The van der Waals surface area contributed by atoms with Gasteiger partial charge in [-0.1, -0.05) is 62.0 Å². The van der Waals surface area contributed by atoms with E-state index in [4.69, 9.17) is 0 Å². The van der Waals surface area contributed by atoms with Gasteiger partial charge in [-0.25, -0.2) is 0 Å². The van der Waals surface area contributed by atoms with Crippen LogP contribution in [0.25, 0.3) is 5.69 Å². The first-order chi connectivity index (χ1) is 13.5. The van der Waals surface area contributed by atoms with E-state index in [1.165, 1.54) is 11.8 Å². The van der Waals surface area contributed by atoms with Crippen LogP contribution in [0.3, 0.4) is 0 Å². The molecule has 0 atom stereocenters. The van der Waals surface area contributed by atoms with E-state index in [1.54, 1.807) is 4.68 Å². The lowest BCUT2D eigenvalue weighted by Crippen LogP contribution is -2.17. The van der Waals surface area contributed by atoms with Crippen molar-refractivity contribution in [3.63, 3.8) is 0 Å². The second-order valence-electron chi connectivity index (χ2n) is 6.61. The highest BCUT2D eigenvalue weighted by molar-refractivity contribution is 7.99. The van der Waals surface area contributed by atoms with Gasteiger partial charge in [0.1, 0.15) is 0 Å². The molecule has 0 aliphatic heterocycles. The molecule has 0 fully saturated rings. The van der Waals surface area contributed by atoms with Gasteiger partial charge in [0.15, 0.2) is 0 Å². The average Bonchev–Trinajstić information content (AvgIpc) is 3.14. The summed E-state index contributed by atoms with van der Waals surface area (Å²) in [5, 5.41) is 15.7. The zero-order valence-corrected chi connectivity index (χ0v) is 17.5. The molecule has 0 bridgehead atoms. The number of aryl methyl sites for hydroxylation is 4. The van der Waals surface area contributed by atoms with Crippen LogP contribution in [0.1, 0.15) is 36.1 Å². The Balaban J connectivity index is 1.75. The van der Waals surface area contributed by atoms with Crippen LogP contribution in [0.15, 0.2) is 41.6 Å². The normalized spacial score (nSPS) is 10.9. The lowest BCUT2D eigenvalue weighted by Gasteiger charge is -2.14. The van der Waals surface area contributed by atoms with E-state index >= 15 is 0 Å². The molecule has 2 aromatic carbocycles. The third-order valence-corrected chi connectivity index (χ3v) is 5.61. The maximum atomic E-state index is 12.6. The predicted octanol–water partition coefficient (Wildman–Crippen LogP) is 4.13. The first-order valence-corrected chi connectivity index (χ1v) is 10.4. The smallest absolute Gasteiger partial charge is 0.234 e. The van der Waals surface area contributed by atoms with Crippen molar-refractivity contribution >= 4 is 23.4 Å². The summed E-state index contributed by atoms with van der Waals surface area (Å²) in [7, 11) is 0. The molecule has 0 saturated carbocycles. The van der Waals surface area contributed by atoms with Crippen LogP contribution in [0.4, 0.5) is 5.69 Å². The van der Waals surface area contributed by atoms with Crippen molar-refractivity contribution in [3.8, 4) is 5.69 Å². The zero-order valence-electron chi connectivity index (χ0n) is 16.7. The van der Waals surface area contributed by atoms with Crippen LogP contribution in [0, 0.1) is 13.8 Å². The highest BCUT2D eigenvalue weighted by Gasteiger charge is 2.16. The summed E-state index contributed by atoms with van der Waals surface area (Å²) in [6.45, 7) is 8.24. The van der Waals surface area contributed by atoms with E-state index in [2.05, 4.69) is 46.8 Å². The topological polar surface area (TPSA) is 72.7 Å². The summed E-state index contributed by atoms with van der Waals surface area (Å²) in [5.41, 5.74) is 6.37. The highest BCUT2D eigenvalue weighted by atomic mass is 32.2. The van der Waals surface area contributed by atoms with Crippen LogP contribution in [-0.4, -0.2) is 31.9 Å². The molecule has 0 aliphatic carbocycles. The number of nitrogens with zero attached hydrogens (tertiary/aromatic N) is 4. The number of hydrogen-bond acceptors (Lipinski definition) is 5. The summed E-state index contributed by atoms with van der Waals surface area (Å²) in [4.78, 5) is 12.6. The number of hydrogen-bond donors (Lipinski definition) is 1. The van der Waals surface area contributed by atoms with Crippen molar-refractivity contribution in [2.24, 2.45) is 0 Å². The van der Waals surface area contributed by atoms with Gasteiger partial charge in [0.2, 0.25) is 11.1 Å². The summed E-state index contributed by atoms with van der Waals surface area (Å²) in [6.07, 6.45) is 1.75. The number of thioether (sulfide) groups is 1. The Labute approximate surface area is 169 Å². The molecule has 1 N–H and O–H groups in total. The molecule has 28 heavy (non-hydrogen) atoms. The molecule has 3 rings (SSSR count). The van der Waals surface area contributed by atoms with Crippen molar-refractivity contribution < 1.29 is 4.79 Å². The number of tetrazole rings is 1. The van der Waals surface area contributed by atoms with E-state index in [1.807, 2.05) is 38.1 Å². The molecule has 0 saturated heterocycles. The molecule has 146 valence electrons. The van der Waals surface area contributed by atoms with Gasteiger partial charge >= 0.3 is 0 Å². The zero-order chi connectivity index (χ0) is 20.1. The minimum Gasteiger partial charge on any atom is -0.325 e. The minimum absolute atomic E-state index is 0.0587. The van der Waals surface area contributed by atoms with E-state index in [9.17, 15) is 4.79 Å². The van der Waals surface area contributed by atoms with Crippen molar-refractivity contribution in [3.05, 3.63) is 58.7 Å². The molecular weight excluding hydrogens is 370 g/mol. The third kappa shape index (κ3) is 4.25. The Kier molecular flexibility index (Phi) is 6.46. The fourth-order valence-electron chi connectivity index (χ4n) is 3.26. The molecule has 1 aromatic heterocycles. The molecule has 6 nitrogen and oxygen atoms in total. The second-order valence-corrected chi connectivity index (χ2v) is 7.55. The fourth-order valence-corrected chi connectivity index (χ4v) is 3.93. The van der Waals surface area contributed by atoms with E-state index in [-0.39, 0.29) is 11.7 Å². The number of para-hydroxylation sites is 2. The number of benzene rings is 2. The number of carbonyl (C=O) groups excluding carboxylic acids is 1. The minimum atomic E-state index is -0.0587. The van der Waals surface area contributed by atoms with Crippen molar-refractivity contribution in [1.82, 2.24) is 20.2 Å². The predicted molar refractivity (Wildman–Crippen MR) is 113 cm³/mol. The van der Waals surface area contributed by atoms with Gasteiger partial charge in [-0.3, -0.25) is 4.79 Å². The molecule has 0 aliphatic rings. The van der Waals surface area contributed by atoms with Crippen LogP contribution < -0.4 is 5.32 Å². The largest absolute Gasteiger partial charge is 0.325 e. The standard InChI is InChI=1S/C21H25N5OS/c1-5-16-11-8-12-17(6-2)19(16)22-18(27)13-28-21-23-24-25-26(21)20-14(3)9-7-10-15(20)4/h7-12H,5-6,13H2,1-4H3,(H,22,27). The first-order valence-electron chi connectivity index (χ1n) is 9.43. The van der Waals surface area contributed by atoms with Crippen molar-refractivity contribution in [1.29, 1.82) is 0 Å². The number of anilines is 1. The van der Waals surface area contributed by atoms with Crippen LogP contribution in [-0.2, 0) is 17.6 Å². The number of rotatable bonds is 7. The average molecular weight is 396 g/mol. The summed E-state index contributed by atoms with van der Waals surface area (Å²) >= 11 is 1.34. The van der Waals surface area contributed by atoms with Crippen LogP contribution in [0.5, 0.6) is 0 Å². The van der Waals surface area contributed by atoms with Crippen LogP contribution >= 0.6 is 11.8 Å². The van der Waals surface area contributed by atoms with Gasteiger partial charge in [-0.2, -0.15) is 4.68 Å². The number of nitrogens with one attached hydrogen (secondary N) is 1. The number of carbonyl (C=O) groups is 1. The third-order valence-electron chi connectivity index (χ3n) is 4.69. The Bertz CT molecular complexity index is 940. The van der Waals surface area contributed by atoms with E-state index < -0.39 is 0 Å². The molecule has 1 heterocycles. The molecule has 0 unspecified atom stereocenters. The van der Waals surface area contributed by atoms with Gasteiger partial charge in [-0.15, -0.1) is 5.10 Å². The number of aromatic nitrogens is 4. The highest BCUT2D eigenvalue weighted by Crippen LogP contribution is 2.25. The van der Waals surface area contributed by atoms with E-state index in [0.29, 0.717) is 5.16 Å². The summed E-state index contributed by atoms with van der Waals surface area (Å²) < 4.78 is 1.71. The second kappa shape index (κ2) is 9.01. The van der Waals surface area contributed by atoms with Gasteiger partial charge in [-0.05, 0) is 59.4 Å². The SMILES string of the molecule is CCc1cccc(CC)c1NC(=O)CSc1nnnn1-c1c(C)cccc1C. The van der Waals surface area contributed by atoms with Gasteiger partial charge in [0.05, 0.1) is 11.4 Å². The van der Waals surface area contributed by atoms with Crippen molar-refractivity contribution in [2.45, 2.75) is 45.7 Å². The Hall–Kier alpha value is -2.67. The van der Waals surface area contributed by atoms with Crippen LogP contribution in [0.2, 0.25) is 0 Å². The van der Waals surface area contributed by atoms with E-state index in [0.717, 1.165) is 46.5 Å². The molecule has 3 aromatic rings. The summed E-state index contributed by atoms with van der Waals surface area (Å²) in [6, 6.07) is 12.2. The Morgan fingerprint density at radius 3 is 2.25 bits per heavy atom. The lowest BCUT2D eigenvalue weighted by atomic mass is 10.0. The molecule has 7 heteroatoms. The fraction of sp³-hybridized carbons (Fsp3) is 0.333. The lowest BCUT2D eigenvalue weighted by molar-refractivity contribution is -0.113. The van der Waals surface area contributed by atoms with Gasteiger partial charge in [0, 0.05) is 5.69 Å². The maximum absolute atomic E-state index is 12.6. The summed E-state index contributed by atoms with van der Waals surface area (Å²) in [5.74, 6) is 0.184. The number of amides is 1.